The van der Waals surface area contributed by atoms with Gasteiger partial charge in [0.25, 0.3) is 0 Å². The van der Waals surface area contributed by atoms with Crippen LogP contribution in [0.1, 0.15) is 73.4 Å². The predicted octanol–water partition coefficient (Wildman–Crippen LogP) is 5.10. The summed E-state index contributed by atoms with van der Waals surface area (Å²) in [4.78, 5) is 32.2. The summed E-state index contributed by atoms with van der Waals surface area (Å²) in [5.41, 5.74) is 8.31. The number of hydrogen-bond donors (Lipinski definition) is 1. The van der Waals surface area contributed by atoms with Gasteiger partial charge in [0.15, 0.2) is 18.3 Å². The molecule has 0 aliphatic carbocycles. The zero-order chi connectivity index (χ0) is 24.9. The number of ether oxygens (including phenoxy) is 2. The molecule has 0 spiro atoms. The van der Waals surface area contributed by atoms with E-state index >= 15 is 0 Å². The average molecular weight is 445 g/mol. The average Bonchev–Trinajstić information content (AvgIpc) is 2.70. The zero-order valence-corrected chi connectivity index (χ0v) is 19.9. The molecule has 2 aromatic carbocycles. The summed E-state index contributed by atoms with van der Waals surface area (Å²) in [6.07, 6.45) is 1.34. The van der Waals surface area contributed by atoms with Crippen LogP contribution in [-0.4, -0.2) is 31.7 Å². The molecule has 8 heteroatoms. The number of nitrogen functional groups attached to an aromatic ring is 1. The summed E-state index contributed by atoms with van der Waals surface area (Å²) in [6.45, 7) is 12.0. The summed E-state index contributed by atoms with van der Waals surface area (Å²) in [6, 6.07) is 6.75. The first-order valence-electron chi connectivity index (χ1n) is 9.96. The molecule has 0 heterocycles. The first-order valence-corrected chi connectivity index (χ1v) is 9.96. The molecule has 0 amide bonds. The molecule has 0 bridgehead atoms. The smallest absolute Gasteiger partial charge is 0.311 e. The molecule has 32 heavy (non-hydrogen) atoms. The Morgan fingerprint density at radius 2 is 1.22 bits per heavy atom. The number of nitro benzene ring substituents is 1. The Morgan fingerprint density at radius 1 is 0.812 bits per heavy atom. The van der Waals surface area contributed by atoms with Crippen LogP contribution in [0.15, 0.2) is 24.3 Å². The van der Waals surface area contributed by atoms with Crippen LogP contribution in [-0.2, 0) is 10.8 Å². The Morgan fingerprint density at radius 3 is 1.56 bits per heavy atom. The molecule has 8 nitrogen and oxygen atoms in total. The number of hydrogen-bond acceptors (Lipinski definition) is 7. The Hall–Kier alpha value is -3.42. The van der Waals surface area contributed by atoms with Crippen molar-refractivity contribution >= 4 is 23.9 Å². The number of carbonyl (C=O) groups excluding carboxylic acids is 2. The van der Waals surface area contributed by atoms with Gasteiger partial charge in [0.05, 0.1) is 36.0 Å². The van der Waals surface area contributed by atoms with Crippen molar-refractivity contribution in [2.24, 2.45) is 0 Å². The molecule has 0 radical (unpaired) electrons. The van der Waals surface area contributed by atoms with E-state index in [0.717, 1.165) is 17.4 Å². The van der Waals surface area contributed by atoms with Gasteiger partial charge < -0.3 is 15.2 Å². The lowest BCUT2D eigenvalue weighted by atomic mass is 9.85. The van der Waals surface area contributed by atoms with Gasteiger partial charge in [-0.1, -0.05) is 41.5 Å². The van der Waals surface area contributed by atoms with E-state index in [0.29, 0.717) is 23.3 Å². The zero-order valence-electron chi connectivity index (χ0n) is 19.9. The molecule has 0 unspecified atom stereocenters. The van der Waals surface area contributed by atoms with E-state index in [-0.39, 0.29) is 27.8 Å². The Balaban J connectivity index is 0.000000323. The standard InChI is InChI=1S/C12H15NO4.C12H17NO2/c1-12(2,3)9-5-8(7-14)11(17-4)10(6-9)13(15)16;1-12(2,3)9-5-8(7-14)11(15-4)10(13)6-9/h5-7H,1-4H3;5-7H,13H2,1-4H3. The number of rotatable bonds is 5. The third-order valence-corrected chi connectivity index (χ3v) is 4.84. The molecule has 174 valence electrons. The summed E-state index contributed by atoms with van der Waals surface area (Å²) in [5, 5.41) is 10.9. The fraction of sp³-hybridized carbons (Fsp3) is 0.417. The maximum atomic E-state index is 10.9. The predicted molar refractivity (Wildman–Crippen MR) is 125 cm³/mol. The lowest BCUT2D eigenvalue weighted by Crippen LogP contribution is -2.12. The van der Waals surface area contributed by atoms with Gasteiger partial charge in [-0.25, -0.2) is 0 Å². The Kier molecular flexibility index (Phi) is 8.53. The van der Waals surface area contributed by atoms with E-state index in [1.807, 2.05) is 32.9 Å². The second-order valence-corrected chi connectivity index (χ2v) is 9.30. The number of methoxy groups -OCH3 is 2. The van der Waals surface area contributed by atoms with Crippen LogP contribution in [0.5, 0.6) is 11.5 Å². The molecule has 0 atom stereocenters. The van der Waals surface area contributed by atoms with E-state index in [2.05, 4.69) is 20.8 Å². The minimum Gasteiger partial charge on any atom is -0.494 e. The van der Waals surface area contributed by atoms with Crippen LogP contribution >= 0.6 is 0 Å². The molecule has 0 aromatic heterocycles. The lowest BCUT2D eigenvalue weighted by Gasteiger charge is -2.21. The van der Waals surface area contributed by atoms with E-state index < -0.39 is 4.92 Å². The maximum Gasteiger partial charge on any atom is 0.311 e. The number of nitro groups is 1. The number of nitrogens with zero attached hydrogens (tertiary/aromatic N) is 1. The highest BCUT2D eigenvalue weighted by molar-refractivity contribution is 5.84. The van der Waals surface area contributed by atoms with E-state index in [1.54, 1.807) is 6.07 Å². The van der Waals surface area contributed by atoms with Gasteiger partial charge in [-0.3, -0.25) is 19.7 Å². The van der Waals surface area contributed by atoms with Crippen molar-refractivity contribution in [3.05, 3.63) is 56.6 Å². The first-order chi connectivity index (χ1) is 14.7. The fourth-order valence-corrected chi connectivity index (χ4v) is 2.94. The molecule has 0 fully saturated rings. The van der Waals surface area contributed by atoms with Crippen LogP contribution in [0.3, 0.4) is 0 Å². The number of benzene rings is 2. The van der Waals surface area contributed by atoms with Gasteiger partial charge in [-0.2, -0.15) is 0 Å². The normalized spacial score (nSPS) is 11.1. The van der Waals surface area contributed by atoms with Crippen LogP contribution in [0.25, 0.3) is 0 Å². The van der Waals surface area contributed by atoms with Crippen molar-refractivity contribution in [1.29, 1.82) is 0 Å². The Bertz CT molecular complexity index is 1000. The minimum absolute atomic E-state index is 0.0120. The summed E-state index contributed by atoms with van der Waals surface area (Å²) < 4.78 is 10.0. The third-order valence-electron chi connectivity index (χ3n) is 4.84. The summed E-state index contributed by atoms with van der Waals surface area (Å²) in [5.74, 6) is 0.469. The molecule has 0 saturated heterocycles. The molecule has 2 N–H and O–H groups in total. The number of anilines is 1. The Labute approximate surface area is 188 Å². The molecule has 2 aromatic rings. The van der Waals surface area contributed by atoms with Gasteiger partial charge in [0, 0.05) is 6.07 Å². The quantitative estimate of drug-likeness (QED) is 0.294. The molecular weight excluding hydrogens is 412 g/mol. The van der Waals surface area contributed by atoms with E-state index in [4.69, 9.17) is 15.2 Å². The maximum absolute atomic E-state index is 10.9. The highest BCUT2D eigenvalue weighted by Crippen LogP contribution is 2.36. The highest BCUT2D eigenvalue weighted by atomic mass is 16.6. The SMILES string of the molecule is COc1c(C=O)cc(C(C)(C)C)cc1[N+](=O)[O-].COc1c(N)cc(C(C)(C)C)cc1C=O. The van der Waals surface area contributed by atoms with Crippen LogP contribution in [0.4, 0.5) is 11.4 Å². The van der Waals surface area contributed by atoms with Crippen molar-refractivity contribution in [3.8, 4) is 11.5 Å². The second-order valence-electron chi connectivity index (χ2n) is 9.30. The monoisotopic (exact) mass is 444 g/mol. The summed E-state index contributed by atoms with van der Waals surface area (Å²) >= 11 is 0. The van der Waals surface area contributed by atoms with Gasteiger partial charge >= 0.3 is 5.69 Å². The van der Waals surface area contributed by atoms with Crippen molar-refractivity contribution in [3.63, 3.8) is 0 Å². The van der Waals surface area contributed by atoms with E-state index in [1.165, 1.54) is 20.3 Å². The van der Waals surface area contributed by atoms with Gasteiger partial charge in [-0.05, 0) is 40.2 Å². The number of carbonyl (C=O) groups is 2. The molecular formula is C24H32N2O6. The number of aldehydes is 2. The van der Waals surface area contributed by atoms with Crippen LogP contribution < -0.4 is 15.2 Å². The molecule has 0 aliphatic heterocycles. The second kappa shape index (κ2) is 10.3. The third kappa shape index (κ3) is 6.29. The largest absolute Gasteiger partial charge is 0.494 e. The highest BCUT2D eigenvalue weighted by Gasteiger charge is 2.25. The lowest BCUT2D eigenvalue weighted by molar-refractivity contribution is -0.385. The van der Waals surface area contributed by atoms with Crippen molar-refractivity contribution in [2.45, 2.75) is 52.4 Å². The van der Waals surface area contributed by atoms with Gasteiger partial charge in [0.2, 0.25) is 5.75 Å². The van der Waals surface area contributed by atoms with E-state index in [9.17, 15) is 19.7 Å². The topological polar surface area (TPSA) is 122 Å². The number of nitrogens with two attached hydrogens (primary N) is 1. The summed E-state index contributed by atoms with van der Waals surface area (Å²) in [7, 11) is 2.82. The molecule has 2 rings (SSSR count). The van der Waals surface area contributed by atoms with Crippen molar-refractivity contribution in [1.82, 2.24) is 0 Å². The van der Waals surface area contributed by atoms with Crippen molar-refractivity contribution < 1.29 is 24.0 Å². The van der Waals surface area contributed by atoms with Crippen molar-refractivity contribution in [2.75, 3.05) is 20.0 Å². The van der Waals surface area contributed by atoms with Gasteiger partial charge in [0.1, 0.15) is 0 Å². The fourth-order valence-electron chi connectivity index (χ4n) is 2.94. The van der Waals surface area contributed by atoms with Crippen LogP contribution in [0.2, 0.25) is 0 Å². The molecule has 0 saturated carbocycles. The molecule has 0 aliphatic rings. The first kappa shape index (κ1) is 26.6. The van der Waals surface area contributed by atoms with Gasteiger partial charge in [-0.15, -0.1) is 0 Å². The van der Waals surface area contributed by atoms with Crippen LogP contribution in [0, 0.1) is 10.1 Å². The minimum atomic E-state index is -0.541.